The summed E-state index contributed by atoms with van der Waals surface area (Å²) in [5.74, 6) is -8.07. The van der Waals surface area contributed by atoms with Gasteiger partial charge in [-0.25, -0.2) is 22.6 Å². The Hall–Kier alpha value is -4.04. The number of ether oxygens (including phenoxy) is 7. The molecule has 3 aliphatic heterocycles. The van der Waals surface area contributed by atoms with Crippen LogP contribution in [0, 0.1) is 29.3 Å². The maximum absolute atomic E-state index is 14.1. The molecule has 0 radical (unpaired) electrons. The van der Waals surface area contributed by atoms with Gasteiger partial charge in [0.05, 0.1) is 44.3 Å². The lowest BCUT2D eigenvalue weighted by Gasteiger charge is -2.49. The summed E-state index contributed by atoms with van der Waals surface area (Å²) in [6, 6.07) is -2.70. The molecule has 0 spiro atoms. The molecule has 12 unspecified atom stereocenters. The monoisotopic (exact) mass is 1050 g/mol. The lowest BCUT2D eigenvalue weighted by molar-refractivity contribution is -0.337. The highest BCUT2D eigenvalue weighted by Gasteiger charge is 2.54. The second-order valence-corrected chi connectivity index (χ2v) is 19.6. The molecule has 11 N–H and O–H groups in total. The molecule has 27 heteroatoms. The molecule has 3 saturated heterocycles. The number of aromatic nitrogens is 3. The zero-order valence-corrected chi connectivity index (χ0v) is 40.2. The average molecular weight is 1050 g/mol. The molecule has 2 aliphatic carbocycles. The van der Waals surface area contributed by atoms with Crippen molar-refractivity contribution in [3.8, 4) is 11.3 Å². The van der Waals surface area contributed by atoms with Gasteiger partial charge in [-0.2, -0.15) is 0 Å². The molecule has 5 aliphatic rings. The smallest absolute Gasteiger partial charge is 0.332 e. The molecule has 410 valence electrons. The van der Waals surface area contributed by atoms with Crippen LogP contribution in [0.5, 0.6) is 0 Å². The molecule has 24 nitrogen and oxygen atoms in total. The third-order valence-electron chi connectivity index (χ3n) is 14.2. The SMILES string of the molecule is CC(=O)NC1CC(CO[C@H]2OC(CO)[C@@H](O)C(n3cc(-c4cc(F)c(F)c(F)c4)nn3)C2O)C[C@@H](O[C@@H]2OC(CO)[C@H](O)C(O[C@@H](CC3CCCCC3)C(=O)O)C2NC(C)=O)C1O[C@@H]1OC(C)[C@@H](O)C(O)C1O. The number of nitrogens with zero attached hydrogens (tertiary/aromatic N) is 3. The molecule has 2 amide bonds. The zero-order chi connectivity index (χ0) is 53.0. The first-order chi connectivity index (χ1) is 34.7. The number of carboxylic acid groups (broad SMARTS) is 1. The van der Waals surface area contributed by atoms with Gasteiger partial charge in [-0.05, 0) is 50.2 Å². The lowest BCUT2D eigenvalue weighted by atomic mass is 9.81. The van der Waals surface area contributed by atoms with Crippen LogP contribution >= 0.6 is 0 Å². The highest BCUT2D eigenvalue weighted by atomic mass is 19.2. The summed E-state index contributed by atoms with van der Waals surface area (Å²) in [5, 5.41) is 111. The van der Waals surface area contributed by atoms with Crippen molar-refractivity contribution < 1.29 is 107 Å². The summed E-state index contributed by atoms with van der Waals surface area (Å²) in [6.07, 6.45) is -19.7. The summed E-state index contributed by atoms with van der Waals surface area (Å²) >= 11 is 0. The van der Waals surface area contributed by atoms with Crippen molar-refractivity contribution in [3.63, 3.8) is 0 Å². The highest BCUT2D eigenvalue weighted by molar-refractivity contribution is 5.74. The average Bonchev–Trinajstić information content (AvgIpc) is 3.83. The normalized spacial score (nSPS) is 37.9. The van der Waals surface area contributed by atoms with E-state index < -0.39 is 171 Å². The molecule has 0 bridgehead atoms. The van der Waals surface area contributed by atoms with Gasteiger partial charge in [0.25, 0.3) is 0 Å². The van der Waals surface area contributed by atoms with E-state index in [2.05, 4.69) is 20.9 Å². The standard InChI is InChI=1S/C46H66F3N5O19/c1-18-35(59)39(63)40(64)46(68-18)73-41-26(50-19(2)57)9-22(17-67-45-38(62)34(36(60)30(15-55)72-45)54-14-27(52-53-54)23-12-24(47)32(49)25(48)13-23)11-28(41)70-44-33(51-20(3)58)42(37(61)31(16-56)71-44)69-29(43(65)66)10-21-7-5-4-6-8-21/h12-14,18,21-22,26,28-31,33-42,44-46,55-56,59-64H,4-11,15-17H2,1-3H3,(H,50,57)(H,51,58)(H,65,66)/t18?,22?,26?,28-,29+,30?,31?,33?,34?,35-,36-,37+,38?,39?,40?,41?,42?,44-,45+,46+/m1/s1. The fraction of sp³-hybridized carbons (Fsp3) is 0.761. The molecule has 20 atom stereocenters. The van der Waals surface area contributed by atoms with Crippen LogP contribution in [-0.2, 0) is 47.5 Å². The molecule has 1 aromatic carbocycles. The lowest BCUT2D eigenvalue weighted by Crippen LogP contribution is -2.68. The maximum Gasteiger partial charge on any atom is 0.332 e. The van der Waals surface area contributed by atoms with E-state index in [0.29, 0.717) is 12.1 Å². The van der Waals surface area contributed by atoms with E-state index in [1.54, 1.807) is 0 Å². The topological polar surface area (TPSA) is 353 Å². The predicted molar refractivity (Wildman–Crippen MR) is 237 cm³/mol. The molecule has 2 aromatic rings. The number of benzene rings is 1. The third-order valence-corrected chi connectivity index (χ3v) is 14.2. The van der Waals surface area contributed by atoms with Crippen molar-refractivity contribution in [3.05, 3.63) is 35.8 Å². The number of amides is 2. The number of rotatable bonds is 18. The second kappa shape index (κ2) is 24.7. The number of carbonyl (C=O) groups is 3. The van der Waals surface area contributed by atoms with Crippen LogP contribution in [0.1, 0.15) is 78.2 Å². The Bertz CT molecular complexity index is 2160. The Kier molecular flexibility index (Phi) is 19.2. The van der Waals surface area contributed by atoms with E-state index in [0.717, 1.165) is 49.9 Å². The van der Waals surface area contributed by atoms with Crippen LogP contribution in [0.25, 0.3) is 11.3 Å². The maximum atomic E-state index is 14.1. The first kappa shape index (κ1) is 56.7. The Morgan fingerprint density at radius 2 is 1.41 bits per heavy atom. The van der Waals surface area contributed by atoms with Gasteiger partial charge in [-0.15, -0.1) is 5.10 Å². The van der Waals surface area contributed by atoms with Crippen LogP contribution in [0.4, 0.5) is 13.2 Å². The number of aliphatic carboxylic acids is 1. The number of aliphatic hydroxyl groups excluding tert-OH is 8. The largest absolute Gasteiger partial charge is 0.479 e. The minimum absolute atomic E-state index is 0.00967. The van der Waals surface area contributed by atoms with E-state index in [1.165, 1.54) is 13.8 Å². The van der Waals surface area contributed by atoms with Gasteiger partial charge in [-0.1, -0.05) is 37.3 Å². The zero-order valence-electron chi connectivity index (χ0n) is 40.2. The fourth-order valence-corrected chi connectivity index (χ4v) is 10.5. The molecule has 5 fully saturated rings. The summed E-state index contributed by atoms with van der Waals surface area (Å²) in [5.41, 5.74) is -0.404. The van der Waals surface area contributed by atoms with Gasteiger partial charge < -0.3 is 89.8 Å². The number of halogens is 3. The van der Waals surface area contributed by atoms with Gasteiger partial charge in [-0.3, -0.25) is 9.59 Å². The van der Waals surface area contributed by atoms with E-state index in [1.807, 2.05) is 0 Å². The van der Waals surface area contributed by atoms with Crippen LogP contribution in [0.15, 0.2) is 18.3 Å². The van der Waals surface area contributed by atoms with E-state index in [9.17, 15) is 73.5 Å². The molecule has 2 saturated carbocycles. The molecule has 7 rings (SSSR count). The molecular formula is C46H66F3N5O19. The molecule has 4 heterocycles. The first-order valence-corrected chi connectivity index (χ1v) is 24.4. The van der Waals surface area contributed by atoms with Gasteiger partial charge in [0.1, 0.15) is 78.8 Å². The second-order valence-electron chi connectivity index (χ2n) is 19.6. The Morgan fingerprint density at radius 3 is 2.04 bits per heavy atom. The number of nitrogens with one attached hydrogen (secondary N) is 2. The summed E-state index contributed by atoms with van der Waals surface area (Å²) in [4.78, 5) is 38.5. The Labute approximate surface area is 416 Å². The number of aliphatic hydroxyl groups is 8. The minimum atomic E-state index is -1.85. The Morgan fingerprint density at radius 1 is 0.767 bits per heavy atom. The third kappa shape index (κ3) is 13.1. The molecular weight excluding hydrogens is 984 g/mol. The van der Waals surface area contributed by atoms with Crippen molar-refractivity contribution >= 4 is 17.8 Å². The predicted octanol–water partition coefficient (Wildman–Crippen LogP) is -1.74. The quantitative estimate of drug-likeness (QED) is 0.0739. The fourth-order valence-electron chi connectivity index (χ4n) is 10.5. The van der Waals surface area contributed by atoms with Gasteiger partial charge in [0.2, 0.25) is 11.8 Å². The van der Waals surface area contributed by atoms with Gasteiger partial charge in [0, 0.05) is 19.4 Å². The molecule has 73 heavy (non-hydrogen) atoms. The summed E-state index contributed by atoms with van der Waals surface area (Å²) in [6.45, 7) is 1.77. The summed E-state index contributed by atoms with van der Waals surface area (Å²) < 4.78 is 85.9. The van der Waals surface area contributed by atoms with E-state index in [4.69, 9.17) is 33.2 Å². The van der Waals surface area contributed by atoms with Crippen molar-refractivity contribution in [1.29, 1.82) is 0 Å². The minimum Gasteiger partial charge on any atom is -0.479 e. The number of carbonyl (C=O) groups excluding carboxylic acids is 2. The number of hydrogen-bond acceptors (Lipinski definition) is 20. The number of hydrogen-bond donors (Lipinski definition) is 11. The van der Waals surface area contributed by atoms with Crippen LogP contribution in [0.3, 0.4) is 0 Å². The van der Waals surface area contributed by atoms with Crippen LogP contribution < -0.4 is 10.6 Å². The molecule has 1 aromatic heterocycles. The van der Waals surface area contributed by atoms with Crippen LogP contribution in [-0.4, -0.2) is 209 Å². The van der Waals surface area contributed by atoms with Crippen molar-refractivity contribution in [2.24, 2.45) is 11.8 Å². The summed E-state index contributed by atoms with van der Waals surface area (Å²) in [7, 11) is 0. The van der Waals surface area contributed by atoms with Gasteiger partial charge in [0.15, 0.2) is 42.4 Å². The number of carboxylic acids is 1. The van der Waals surface area contributed by atoms with E-state index in [-0.39, 0.29) is 43.0 Å². The Balaban J connectivity index is 1.18. The highest BCUT2D eigenvalue weighted by Crippen LogP contribution is 2.39. The van der Waals surface area contributed by atoms with E-state index >= 15 is 0 Å². The van der Waals surface area contributed by atoms with Crippen molar-refractivity contribution in [2.75, 3.05) is 19.8 Å². The van der Waals surface area contributed by atoms with Crippen LogP contribution in [0.2, 0.25) is 0 Å². The first-order valence-electron chi connectivity index (χ1n) is 24.4. The van der Waals surface area contributed by atoms with Crippen molar-refractivity contribution in [1.82, 2.24) is 25.6 Å². The van der Waals surface area contributed by atoms with Gasteiger partial charge >= 0.3 is 5.97 Å². The van der Waals surface area contributed by atoms with Crippen molar-refractivity contribution in [2.45, 2.75) is 188 Å².